The second kappa shape index (κ2) is 11.9. The fraction of sp³-hybridized carbons (Fsp3) is 0.632. The average molecular weight is 427 g/mol. The maximum absolute atomic E-state index is 12.2. The molecule has 26 heavy (non-hydrogen) atoms. The minimum atomic E-state index is -0.649. The molecule has 0 heterocycles. The topological polar surface area (TPSA) is 61.5 Å². The minimum Gasteiger partial charge on any atom is -0.485 e. The van der Waals surface area contributed by atoms with Crippen LogP contribution in [0.25, 0.3) is 0 Å². The highest BCUT2D eigenvalue weighted by Crippen LogP contribution is 2.31. The molecule has 0 fully saturated rings. The Bertz CT molecular complexity index is 565. The second-order valence-corrected chi connectivity index (χ2v) is 7.49. The third-order valence-electron chi connectivity index (χ3n) is 4.43. The molecule has 3 atom stereocenters. The van der Waals surface area contributed by atoms with Gasteiger partial charge in [-0.2, -0.15) is 0 Å². The first kappa shape index (κ1) is 25.3. The second-order valence-electron chi connectivity index (χ2n) is 6.65. The molecule has 2 N–H and O–H groups in total. The molecule has 1 aromatic carbocycles. The number of carbonyl (C=O) groups excluding carboxylic acids is 1. The van der Waals surface area contributed by atoms with E-state index in [2.05, 4.69) is 13.8 Å². The van der Waals surface area contributed by atoms with Crippen molar-refractivity contribution in [1.82, 2.24) is 0 Å². The van der Waals surface area contributed by atoms with E-state index >= 15 is 0 Å². The maximum atomic E-state index is 12.2. The number of esters is 1. The summed E-state index contributed by atoms with van der Waals surface area (Å²) in [6, 6.07) is 4.43. The fourth-order valence-corrected chi connectivity index (χ4v) is 3.10. The van der Waals surface area contributed by atoms with Crippen molar-refractivity contribution >= 4 is 41.6 Å². The number of benzene rings is 1. The Labute approximate surface area is 173 Å². The van der Waals surface area contributed by atoms with Crippen LogP contribution in [0.4, 0.5) is 0 Å². The molecule has 0 saturated heterocycles. The van der Waals surface area contributed by atoms with E-state index in [-0.39, 0.29) is 30.3 Å². The van der Waals surface area contributed by atoms with E-state index in [4.69, 9.17) is 38.4 Å². The van der Waals surface area contributed by atoms with Gasteiger partial charge < -0.3 is 15.2 Å². The van der Waals surface area contributed by atoms with Gasteiger partial charge in [-0.15, -0.1) is 12.4 Å². The van der Waals surface area contributed by atoms with E-state index in [1.165, 1.54) is 0 Å². The van der Waals surface area contributed by atoms with E-state index in [1.54, 1.807) is 18.2 Å². The number of hydrogen-bond donors (Lipinski definition) is 1. The van der Waals surface area contributed by atoms with Gasteiger partial charge in [0.15, 0.2) is 0 Å². The van der Waals surface area contributed by atoms with Gasteiger partial charge in [0, 0.05) is 5.02 Å². The summed E-state index contributed by atoms with van der Waals surface area (Å²) in [6.45, 7) is 9.78. The Hall–Kier alpha value is -0.680. The number of carbonyl (C=O) groups is 1. The van der Waals surface area contributed by atoms with Gasteiger partial charge in [0.25, 0.3) is 0 Å². The zero-order valence-electron chi connectivity index (χ0n) is 16.0. The molecular formula is C19H30Cl3NO3. The Balaban J connectivity index is 0.00000625. The highest BCUT2D eigenvalue weighted by Gasteiger charge is 2.31. The molecule has 1 aromatic rings. The SMILES string of the molecule is CCC(CC)[C@@H](Oc1ccc(Cl)cc1Cl)[C@H](C)OC(=O)[C@@H](N)C(C)C.Cl. The normalized spacial score (nSPS) is 14.5. The summed E-state index contributed by atoms with van der Waals surface area (Å²) in [5.74, 6) is 0.339. The molecule has 4 nitrogen and oxygen atoms in total. The van der Waals surface area contributed by atoms with Gasteiger partial charge in [-0.1, -0.05) is 50.9 Å². The van der Waals surface area contributed by atoms with E-state index < -0.39 is 18.1 Å². The summed E-state index contributed by atoms with van der Waals surface area (Å²) in [6.07, 6.45) is 1.01. The van der Waals surface area contributed by atoms with Crippen molar-refractivity contribution in [2.45, 2.75) is 65.7 Å². The summed E-state index contributed by atoms with van der Waals surface area (Å²) in [5.41, 5.74) is 5.89. The van der Waals surface area contributed by atoms with Crippen molar-refractivity contribution in [3.05, 3.63) is 28.2 Å². The molecule has 150 valence electrons. The predicted octanol–water partition coefficient (Wildman–Crippen LogP) is 5.51. The molecule has 7 heteroatoms. The molecular weight excluding hydrogens is 397 g/mol. The van der Waals surface area contributed by atoms with E-state index in [0.29, 0.717) is 15.8 Å². The third-order valence-corrected chi connectivity index (χ3v) is 4.96. The molecule has 0 aliphatic rings. The van der Waals surface area contributed by atoms with Crippen LogP contribution in [-0.2, 0) is 9.53 Å². The Morgan fingerprint density at radius 3 is 2.19 bits per heavy atom. The van der Waals surface area contributed by atoms with Gasteiger partial charge in [0.2, 0.25) is 0 Å². The smallest absolute Gasteiger partial charge is 0.323 e. The molecule has 0 aliphatic carbocycles. The van der Waals surface area contributed by atoms with Crippen LogP contribution < -0.4 is 10.5 Å². The maximum Gasteiger partial charge on any atom is 0.323 e. The third kappa shape index (κ3) is 7.15. The zero-order valence-corrected chi connectivity index (χ0v) is 18.3. The molecule has 0 unspecified atom stereocenters. The molecule has 0 radical (unpaired) electrons. The molecule has 0 aliphatic heterocycles. The van der Waals surface area contributed by atoms with Gasteiger partial charge in [-0.3, -0.25) is 4.79 Å². The Kier molecular flexibility index (Phi) is 11.6. The van der Waals surface area contributed by atoms with Crippen molar-refractivity contribution in [3.8, 4) is 5.75 Å². The average Bonchev–Trinajstić information content (AvgIpc) is 2.55. The van der Waals surface area contributed by atoms with Crippen LogP contribution in [0.1, 0.15) is 47.5 Å². The van der Waals surface area contributed by atoms with Crippen molar-refractivity contribution in [1.29, 1.82) is 0 Å². The number of hydrogen-bond acceptors (Lipinski definition) is 4. The lowest BCUT2D eigenvalue weighted by Gasteiger charge is -2.32. The summed E-state index contributed by atoms with van der Waals surface area (Å²) in [7, 11) is 0. The number of ether oxygens (including phenoxy) is 2. The van der Waals surface area contributed by atoms with Crippen molar-refractivity contribution in [2.75, 3.05) is 0 Å². The molecule has 0 amide bonds. The van der Waals surface area contributed by atoms with Crippen LogP contribution in [0.3, 0.4) is 0 Å². The molecule has 0 bridgehead atoms. The lowest BCUT2D eigenvalue weighted by molar-refractivity contribution is -0.157. The van der Waals surface area contributed by atoms with Crippen molar-refractivity contribution in [2.24, 2.45) is 17.6 Å². The van der Waals surface area contributed by atoms with Crippen LogP contribution in [-0.4, -0.2) is 24.2 Å². The lowest BCUT2D eigenvalue weighted by Crippen LogP contribution is -2.44. The van der Waals surface area contributed by atoms with Crippen molar-refractivity contribution < 1.29 is 14.3 Å². The van der Waals surface area contributed by atoms with Gasteiger partial charge in [0.05, 0.1) is 5.02 Å². The van der Waals surface area contributed by atoms with E-state index in [9.17, 15) is 4.79 Å². The van der Waals surface area contributed by atoms with E-state index in [0.717, 1.165) is 12.8 Å². The van der Waals surface area contributed by atoms with Crippen LogP contribution in [0.15, 0.2) is 18.2 Å². The fourth-order valence-electron chi connectivity index (χ4n) is 2.65. The highest BCUT2D eigenvalue weighted by molar-refractivity contribution is 6.35. The summed E-state index contributed by atoms with van der Waals surface area (Å²) in [5, 5.41) is 0.972. The Morgan fingerprint density at radius 2 is 1.73 bits per heavy atom. The van der Waals surface area contributed by atoms with Gasteiger partial charge >= 0.3 is 5.97 Å². The predicted molar refractivity (Wildman–Crippen MR) is 111 cm³/mol. The summed E-state index contributed by atoms with van der Waals surface area (Å²) >= 11 is 12.2. The molecule has 0 aromatic heterocycles. The zero-order chi connectivity index (χ0) is 19.1. The number of rotatable bonds is 9. The minimum absolute atomic E-state index is 0. The lowest BCUT2D eigenvalue weighted by atomic mass is 9.93. The van der Waals surface area contributed by atoms with Crippen LogP contribution >= 0.6 is 35.6 Å². The quantitative estimate of drug-likeness (QED) is 0.528. The first-order valence-electron chi connectivity index (χ1n) is 8.78. The summed E-state index contributed by atoms with van der Waals surface area (Å²) in [4.78, 5) is 12.2. The first-order chi connectivity index (χ1) is 11.7. The van der Waals surface area contributed by atoms with Crippen LogP contribution in [0.5, 0.6) is 5.75 Å². The van der Waals surface area contributed by atoms with Gasteiger partial charge in [-0.25, -0.2) is 0 Å². The molecule has 0 saturated carbocycles. The first-order valence-corrected chi connectivity index (χ1v) is 9.54. The monoisotopic (exact) mass is 425 g/mol. The van der Waals surface area contributed by atoms with Crippen LogP contribution in [0.2, 0.25) is 10.0 Å². The summed E-state index contributed by atoms with van der Waals surface area (Å²) < 4.78 is 11.7. The van der Waals surface area contributed by atoms with Gasteiger partial charge in [-0.05, 0) is 49.8 Å². The Morgan fingerprint density at radius 1 is 1.15 bits per heavy atom. The number of nitrogens with two attached hydrogens (primary N) is 1. The molecule has 0 spiro atoms. The van der Waals surface area contributed by atoms with E-state index in [1.807, 2.05) is 20.8 Å². The number of halogens is 3. The van der Waals surface area contributed by atoms with Crippen LogP contribution in [0, 0.1) is 11.8 Å². The highest BCUT2D eigenvalue weighted by atomic mass is 35.5. The largest absolute Gasteiger partial charge is 0.485 e. The molecule has 1 rings (SSSR count). The standard InChI is InChI=1S/C19H29Cl2NO3.ClH/c1-6-13(7-2)18(12(5)24-19(23)17(22)11(3)4)25-16-9-8-14(20)10-15(16)21;/h8-13,17-18H,6-7,22H2,1-5H3;1H/t12-,17-,18-;/m0./s1. The van der Waals surface area contributed by atoms with Gasteiger partial charge in [0.1, 0.15) is 24.0 Å². The van der Waals surface area contributed by atoms with Crippen molar-refractivity contribution in [3.63, 3.8) is 0 Å².